The van der Waals surface area contributed by atoms with Crippen LogP contribution in [0.25, 0.3) is 0 Å². The summed E-state index contributed by atoms with van der Waals surface area (Å²) >= 11 is 5.95. The van der Waals surface area contributed by atoms with Crippen molar-refractivity contribution < 1.29 is 14.3 Å². The second kappa shape index (κ2) is 7.52. The highest BCUT2D eigenvalue weighted by Crippen LogP contribution is 2.25. The van der Waals surface area contributed by atoms with Crippen molar-refractivity contribution in [2.45, 2.75) is 6.42 Å². The second-order valence-corrected chi connectivity index (χ2v) is 5.12. The molecule has 0 saturated carbocycles. The minimum absolute atomic E-state index is 0.123. The summed E-state index contributed by atoms with van der Waals surface area (Å²) < 4.78 is 10.4. The normalized spacial score (nSPS) is 9.83. The number of halogens is 1. The van der Waals surface area contributed by atoms with Crippen molar-refractivity contribution >= 4 is 23.2 Å². The van der Waals surface area contributed by atoms with Crippen molar-refractivity contribution in [1.29, 1.82) is 5.26 Å². The molecule has 1 amide bonds. The highest BCUT2D eigenvalue weighted by molar-refractivity contribution is 6.32. The maximum atomic E-state index is 12.2. The van der Waals surface area contributed by atoms with Crippen LogP contribution in [0.15, 0.2) is 36.4 Å². The first-order valence-corrected chi connectivity index (χ1v) is 7.15. The number of methoxy groups -OCH3 is 2. The molecule has 0 aliphatic heterocycles. The third kappa shape index (κ3) is 4.15. The Labute approximate surface area is 139 Å². The molecule has 1 N–H and O–H groups in total. The Morgan fingerprint density at radius 1 is 1.22 bits per heavy atom. The monoisotopic (exact) mass is 330 g/mol. The van der Waals surface area contributed by atoms with Crippen LogP contribution in [-0.4, -0.2) is 20.1 Å². The molecule has 0 heterocycles. The summed E-state index contributed by atoms with van der Waals surface area (Å²) in [6.07, 6.45) is 0.123. The molecule has 0 aromatic heterocycles. The molecule has 2 aromatic rings. The van der Waals surface area contributed by atoms with Crippen LogP contribution in [0.3, 0.4) is 0 Å². The van der Waals surface area contributed by atoms with Gasteiger partial charge in [-0.25, -0.2) is 0 Å². The number of hydrogen-bond donors (Lipinski definition) is 1. The smallest absolute Gasteiger partial charge is 0.228 e. The first-order valence-electron chi connectivity index (χ1n) is 6.77. The Bertz CT molecular complexity index is 769. The molecule has 0 spiro atoms. The van der Waals surface area contributed by atoms with Crippen LogP contribution >= 0.6 is 11.6 Å². The highest BCUT2D eigenvalue weighted by Gasteiger charge is 2.11. The van der Waals surface area contributed by atoms with Crippen molar-refractivity contribution in [2.75, 3.05) is 19.5 Å². The van der Waals surface area contributed by atoms with E-state index in [1.807, 2.05) is 6.07 Å². The van der Waals surface area contributed by atoms with E-state index in [1.165, 1.54) is 0 Å². The molecule has 0 aliphatic rings. The predicted octanol–water partition coefficient (Wildman–Crippen LogP) is 3.41. The van der Waals surface area contributed by atoms with E-state index in [1.54, 1.807) is 50.6 Å². The Hall–Kier alpha value is -2.71. The van der Waals surface area contributed by atoms with Gasteiger partial charge in [0.2, 0.25) is 5.91 Å². The van der Waals surface area contributed by atoms with E-state index < -0.39 is 0 Å². The zero-order valence-corrected chi connectivity index (χ0v) is 13.5. The fourth-order valence-corrected chi connectivity index (χ4v) is 2.30. The Balaban J connectivity index is 2.13. The molecule has 6 heteroatoms. The van der Waals surface area contributed by atoms with E-state index >= 15 is 0 Å². The van der Waals surface area contributed by atoms with Crippen LogP contribution in [0.4, 0.5) is 5.69 Å². The van der Waals surface area contributed by atoms with Crippen LogP contribution in [0, 0.1) is 11.3 Å². The van der Waals surface area contributed by atoms with Gasteiger partial charge in [0.1, 0.15) is 17.6 Å². The van der Waals surface area contributed by atoms with Gasteiger partial charge in [0.25, 0.3) is 0 Å². The number of rotatable bonds is 5. The van der Waals surface area contributed by atoms with Crippen molar-refractivity contribution in [3.63, 3.8) is 0 Å². The Morgan fingerprint density at radius 3 is 2.61 bits per heavy atom. The zero-order chi connectivity index (χ0) is 16.8. The number of amides is 1. The molecular formula is C17H15ClN2O3. The van der Waals surface area contributed by atoms with Gasteiger partial charge in [-0.15, -0.1) is 0 Å². The summed E-state index contributed by atoms with van der Waals surface area (Å²) in [4.78, 5) is 12.2. The lowest BCUT2D eigenvalue weighted by atomic mass is 10.1. The average Bonchev–Trinajstić information content (AvgIpc) is 2.54. The van der Waals surface area contributed by atoms with Crippen molar-refractivity contribution in [3.8, 4) is 17.6 Å². The molecule has 5 nitrogen and oxygen atoms in total. The van der Waals surface area contributed by atoms with Gasteiger partial charge >= 0.3 is 0 Å². The molecule has 23 heavy (non-hydrogen) atoms. The zero-order valence-electron chi connectivity index (χ0n) is 12.7. The van der Waals surface area contributed by atoms with Gasteiger partial charge in [-0.3, -0.25) is 4.79 Å². The minimum Gasteiger partial charge on any atom is -0.497 e. The summed E-state index contributed by atoms with van der Waals surface area (Å²) in [5.74, 6) is 1.03. The standard InChI is InChI=1S/C17H15ClN2O3/c1-22-14-5-6-16(23-2)12(7-14)8-17(21)20-13-4-3-11(10-19)15(18)9-13/h3-7,9H,8H2,1-2H3,(H,20,21). The number of carbonyl (C=O) groups is 1. The van der Waals surface area contributed by atoms with Gasteiger partial charge in [0, 0.05) is 11.3 Å². The molecule has 0 aliphatic carbocycles. The fraction of sp³-hybridized carbons (Fsp3) is 0.176. The number of ether oxygens (including phenoxy) is 2. The molecule has 0 atom stereocenters. The van der Waals surface area contributed by atoms with Crippen LogP contribution < -0.4 is 14.8 Å². The molecule has 0 fully saturated rings. The molecule has 0 radical (unpaired) electrons. The molecule has 0 unspecified atom stereocenters. The van der Waals surface area contributed by atoms with Crippen molar-refractivity contribution in [3.05, 3.63) is 52.5 Å². The van der Waals surface area contributed by atoms with Crippen LogP contribution in [0.1, 0.15) is 11.1 Å². The lowest BCUT2D eigenvalue weighted by Gasteiger charge is -2.11. The molecule has 2 aromatic carbocycles. The quantitative estimate of drug-likeness (QED) is 0.912. The molecule has 0 bridgehead atoms. The lowest BCUT2D eigenvalue weighted by molar-refractivity contribution is -0.115. The largest absolute Gasteiger partial charge is 0.497 e. The first kappa shape index (κ1) is 16.7. The lowest BCUT2D eigenvalue weighted by Crippen LogP contribution is -2.15. The number of nitrogens with one attached hydrogen (secondary N) is 1. The minimum atomic E-state index is -0.225. The molecule has 118 valence electrons. The van der Waals surface area contributed by atoms with Crippen LogP contribution in [-0.2, 0) is 11.2 Å². The topological polar surface area (TPSA) is 71.3 Å². The van der Waals surface area contributed by atoms with Gasteiger partial charge in [0.05, 0.1) is 31.2 Å². The highest BCUT2D eigenvalue weighted by atomic mass is 35.5. The Kier molecular flexibility index (Phi) is 5.45. The predicted molar refractivity (Wildman–Crippen MR) is 88.0 cm³/mol. The van der Waals surface area contributed by atoms with Crippen LogP contribution in [0.2, 0.25) is 5.02 Å². The van der Waals surface area contributed by atoms with Gasteiger partial charge in [0.15, 0.2) is 0 Å². The number of carbonyl (C=O) groups excluding carboxylic acids is 1. The molecular weight excluding hydrogens is 316 g/mol. The summed E-state index contributed by atoms with van der Waals surface area (Å²) in [5.41, 5.74) is 1.60. The average molecular weight is 331 g/mol. The van der Waals surface area contributed by atoms with E-state index in [-0.39, 0.29) is 12.3 Å². The van der Waals surface area contributed by atoms with Gasteiger partial charge in [-0.1, -0.05) is 11.6 Å². The third-order valence-electron chi connectivity index (χ3n) is 3.21. The van der Waals surface area contributed by atoms with Crippen molar-refractivity contribution in [1.82, 2.24) is 0 Å². The molecule has 0 saturated heterocycles. The van der Waals surface area contributed by atoms with E-state index in [9.17, 15) is 4.79 Å². The number of anilines is 1. The summed E-state index contributed by atoms with van der Waals surface area (Å²) in [7, 11) is 3.11. The first-order chi connectivity index (χ1) is 11.1. The third-order valence-corrected chi connectivity index (χ3v) is 3.52. The number of benzene rings is 2. The van der Waals surface area contributed by atoms with Gasteiger partial charge < -0.3 is 14.8 Å². The summed E-state index contributed by atoms with van der Waals surface area (Å²) in [6, 6.07) is 12.0. The number of hydrogen-bond acceptors (Lipinski definition) is 4. The van der Waals surface area contributed by atoms with Crippen molar-refractivity contribution in [2.24, 2.45) is 0 Å². The maximum Gasteiger partial charge on any atom is 0.228 e. The fourth-order valence-electron chi connectivity index (χ4n) is 2.08. The van der Waals surface area contributed by atoms with E-state index in [0.717, 1.165) is 0 Å². The van der Waals surface area contributed by atoms with Crippen LogP contribution in [0.5, 0.6) is 11.5 Å². The SMILES string of the molecule is COc1ccc(OC)c(CC(=O)Nc2ccc(C#N)c(Cl)c2)c1. The number of nitrogens with zero attached hydrogens (tertiary/aromatic N) is 1. The molecule has 2 rings (SSSR count). The van der Waals surface area contributed by atoms with E-state index in [4.69, 9.17) is 26.3 Å². The summed E-state index contributed by atoms with van der Waals surface area (Å²) in [5, 5.41) is 11.9. The van der Waals surface area contributed by atoms with E-state index in [0.29, 0.717) is 33.3 Å². The Morgan fingerprint density at radius 2 is 2.00 bits per heavy atom. The van der Waals surface area contributed by atoms with Gasteiger partial charge in [-0.05, 0) is 36.4 Å². The number of nitriles is 1. The van der Waals surface area contributed by atoms with Gasteiger partial charge in [-0.2, -0.15) is 5.26 Å². The maximum absolute atomic E-state index is 12.2. The second-order valence-electron chi connectivity index (χ2n) is 4.71. The van der Waals surface area contributed by atoms with E-state index in [2.05, 4.69) is 5.32 Å². The summed E-state index contributed by atoms with van der Waals surface area (Å²) in [6.45, 7) is 0.